The van der Waals surface area contributed by atoms with Gasteiger partial charge in [-0.15, -0.1) is 0 Å². The molecule has 1 aromatic heterocycles. The van der Waals surface area contributed by atoms with Crippen LogP contribution in [0.25, 0.3) is 0 Å². The second-order valence-corrected chi connectivity index (χ2v) is 9.58. The molecule has 1 heterocycles. The van der Waals surface area contributed by atoms with Crippen LogP contribution < -0.4 is 20.3 Å². The minimum atomic E-state index is -1.06. The molecule has 8 nitrogen and oxygen atoms in total. The summed E-state index contributed by atoms with van der Waals surface area (Å²) in [4.78, 5) is 39.1. The van der Waals surface area contributed by atoms with Crippen molar-refractivity contribution in [2.45, 2.75) is 65.0 Å². The monoisotopic (exact) mass is 534 g/mol. The van der Waals surface area contributed by atoms with Crippen LogP contribution in [0, 0.1) is 6.92 Å². The first-order valence-corrected chi connectivity index (χ1v) is 13.4. The Morgan fingerprint density at radius 1 is 1.05 bits per heavy atom. The molecule has 0 spiro atoms. The molecule has 0 bridgehead atoms. The Labute approximate surface area is 229 Å². The van der Waals surface area contributed by atoms with Crippen LogP contribution in [0.5, 0.6) is 11.5 Å². The number of pyridine rings is 1. The van der Waals surface area contributed by atoms with Crippen LogP contribution in [0.3, 0.4) is 0 Å². The average molecular weight is 535 g/mol. The highest BCUT2D eigenvalue weighted by molar-refractivity contribution is 5.81. The summed E-state index contributed by atoms with van der Waals surface area (Å²) in [5.41, 5.74) is 2.83. The normalized spacial score (nSPS) is 12.4. The summed E-state index contributed by atoms with van der Waals surface area (Å²) in [5.74, 6) is -0.483. The van der Waals surface area contributed by atoms with Gasteiger partial charge >= 0.3 is 5.97 Å². The summed E-state index contributed by atoms with van der Waals surface area (Å²) in [6.45, 7) is 6.16. The molecule has 0 fully saturated rings. The van der Waals surface area contributed by atoms with Crippen LogP contribution >= 0.6 is 0 Å². The van der Waals surface area contributed by atoms with E-state index >= 15 is 0 Å². The molecule has 208 valence electrons. The molecular formula is C31H38N2O6. The Kier molecular flexibility index (Phi) is 10.7. The maximum atomic E-state index is 13.8. The number of carboxylic acids is 1. The number of benzene rings is 2. The van der Waals surface area contributed by atoms with Crippen LogP contribution in [0.4, 0.5) is 0 Å². The van der Waals surface area contributed by atoms with E-state index in [2.05, 4.69) is 5.32 Å². The zero-order chi connectivity index (χ0) is 28.4. The highest BCUT2D eigenvalue weighted by Crippen LogP contribution is 2.32. The molecule has 39 heavy (non-hydrogen) atoms. The number of nitrogens with zero attached hydrogens (tertiary/aromatic N) is 1. The van der Waals surface area contributed by atoms with E-state index in [9.17, 15) is 19.5 Å². The lowest BCUT2D eigenvalue weighted by Crippen LogP contribution is -2.40. The van der Waals surface area contributed by atoms with Crippen molar-refractivity contribution in [3.05, 3.63) is 93.4 Å². The Morgan fingerprint density at radius 2 is 1.79 bits per heavy atom. The van der Waals surface area contributed by atoms with Gasteiger partial charge in [0, 0.05) is 18.2 Å². The molecule has 0 saturated heterocycles. The minimum absolute atomic E-state index is 0.224. The van der Waals surface area contributed by atoms with Gasteiger partial charge in [0.05, 0.1) is 26.2 Å². The first kappa shape index (κ1) is 29.5. The van der Waals surface area contributed by atoms with Crippen LogP contribution in [0.1, 0.15) is 73.9 Å². The van der Waals surface area contributed by atoms with Gasteiger partial charge in [-0.2, -0.15) is 0 Å². The smallest absolute Gasteiger partial charge is 0.305 e. The Hall–Kier alpha value is -4.07. The number of unbranched alkanes of at least 4 members (excludes halogenated alkanes) is 1. The van der Waals surface area contributed by atoms with E-state index in [1.54, 1.807) is 24.4 Å². The highest BCUT2D eigenvalue weighted by Gasteiger charge is 2.27. The van der Waals surface area contributed by atoms with Gasteiger partial charge in [-0.05, 0) is 55.2 Å². The van der Waals surface area contributed by atoms with Gasteiger partial charge in [-0.1, -0.05) is 56.2 Å². The van der Waals surface area contributed by atoms with E-state index < -0.39 is 24.0 Å². The molecule has 2 N–H and O–H groups in total. The van der Waals surface area contributed by atoms with Crippen molar-refractivity contribution in [1.82, 2.24) is 9.88 Å². The van der Waals surface area contributed by atoms with Gasteiger partial charge in [-0.3, -0.25) is 14.4 Å². The molecule has 1 amide bonds. The molecule has 0 aliphatic heterocycles. The van der Waals surface area contributed by atoms with Crippen molar-refractivity contribution in [3.63, 3.8) is 0 Å². The summed E-state index contributed by atoms with van der Waals surface area (Å²) in [5, 5.41) is 12.5. The topological polar surface area (TPSA) is 107 Å². The van der Waals surface area contributed by atoms with Crippen molar-refractivity contribution < 1.29 is 24.2 Å². The lowest BCUT2D eigenvalue weighted by Gasteiger charge is -2.25. The fourth-order valence-electron chi connectivity index (χ4n) is 4.66. The molecular weight excluding hydrogens is 496 g/mol. The predicted octanol–water partition coefficient (Wildman–Crippen LogP) is 5.22. The molecule has 0 aliphatic carbocycles. The fourth-order valence-corrected chi connectivity index (χ4v) is 4.66. The lowest BCUT2D eigenvalue weighted by atomic mass is 10.0. The summed E-state index contributed by atoms with van der Waals surface area (Å²) in [7, 11) is 1.53. The quantitative estimate of drug-likeness (QED) is 0.294. The molecule has 0 saturated carbocycles. The van der Waals surface area contributed by atoms with E-state index in [-0.39, 0.29) is 12.0 Å². The zero-order valence-corrected chi connectivity index (χ0v) is 23.1. The standard InChI is InChI=1S/C31H38N2O6/c1-5-7-13-26(33-20-21(3)16-24(31(33)37)17-22-11-9-8-10-12-22)30(36)32-25(19-29(34)35)23-14-15-27(38-4)28(18-23)39-6-2/h8-12,14-16,18,20,25-26H,5-7,13,17,19H2,1-4H3,(H,32,36)(H,34,35)/t25-,26?/m1/s1. The van der Waals surface area contributed by atoms with Gasteiger partial charge < -0.3 is 24.5 Å². The van der Waals surface area contributed by atoms with Crippen LogP contribution in [0.15, 0.2) is 65.6 Å². The maximum absolute atomic E-state index is 13.8. The third kappa shape index (κ3) is 7.96. The Balaban J connectivity index is 1.98. The first-order chi connectivity index (χ1) is 18.8. The number of carbonyl (C=O) groups is 2. The fraction of sp³-hybridized carbons (Fsp3) is 0.387. The number of carbonyl (C=O) groups excluding carboxylic acids is 1. The lowest BCUT2D eigenvalue weighted by molar-refractivity contribution is -0.138. The maximum Gasteiger partial charge on any atom is 0.305 e. The van der Waals surface area contributed by atoms with E-state index in [1.165, 1.54) is 11.7 Å². The van der Waals surface area contributed by atoms with Crippen LogP contribution in [-0.4, -0.2) is 35.3 Å². The summed E-state index contributed by atoms with van der Waals surface area (Å²) in [6.07, 6.45) is 3.86. The van der Waals surface area contributed by atoms with E-state index in [1.807, 2.05) is 57.2 Å². The second kappa shape index (κ2) is 14.2. The number of carboxylic acid groups (broad SMARTS) is 1. The van der Waals surface area contributed by atoms with Crippen molar-refractivity contribution in [3.8, 4) is 11.5 Å². The number of amides is 1. The molecule has 1 unspecified atom stereocenters. The van der Waals surface area contributed by atoms with Gasteiger partial charge in [0.2, 0.25) is 5.91 Å². The number of hydrogen-bond donors (Lipinski definition) is 2. The molecule has 8 heteroatoms. The molecule has 0 radical (unpaired) electrons. The number of nitrogens with one attached hydrogen (secondary N) is 1. The molecule has 2 atom stereocenters. The number of hydrogen-bond acceptors (Lipinski definition) is 5. The van der Waals surface area contributed by atoms with Gasteiger partial charge in [0.15, 0.2) is 11.5 Å². The van der Waals surface area contributed by atoms with Crippen molar-refractivity contribution in [2.24, 2.45) is 0 Å². The largest absolute Gasteiger partial charge is 0.493 e. The molecule has 3 aromatic rings. The molecule has 3 rings (SSSR count). The summed E-state index contributed by atoms with van der Waals surface area (Å²) < 4.78 is 12.5. The van der Waals surface area contributed by atoms with Crippen molar-refractivity contribution in [1.29, 1.82) is 0 Å². The van der Waals surface area contributed by atoms with Gasteiger partial charge in [0.1, 0.15) is 6.04 Å². The van der Waals surface area contributed by atoms with Crippen molar-refractivity contribution in [2.75, 3.05) is 13.7 Å². The number of aryl methyl sites for hydroxylation is 1. The Bertz CT molecular complexity index is 1320. The van der Waals surface area contributed by atoms with E-state index in [0.29, 0.717) is 42.1 Å². The van der Waals surface area contributed by atoms with E-state index in [0.717, 1.165) is 24.0 Å². The predicted molar refractivity (Wildman–Crippen MR) is 151 cm³/mol. The minimum Gasteiger partial charge on any atom is -0.493 e. The van der Waals surface area contributed by atoms with Crippen LogP contribution in [-0.2, 0) is 16.0 Å². The first-order valence-electron chi connectivity index (χ1n) is 13.4. The van der Waals surface area contributed by atoms with Crippen LogP contribution in [0.2, 0.25) is 0 Å². The summed E-state index contributed by atoms with van der Waals surface area (Å²) in [6, 6.07) is 15.1. The Morgan fingerprint density at radius 3 is 2.44 bits per heavy atom. The van der Waals surface area contributed by atoms with Gasteiger partial charge in [-0.25, -0.2) is 0 Å². The summed E-state index contributed by atoms with van der Waals surface area (Å²) >= 11 is 0. The van der Waals surface area contributed by atoms with E-state index in [4.69, 9.17) is 9.47 Å². The third-order valence-corrected chi connectivity index (χ3v) is 6.55. The SMILES string of the molecule is CCCCC(C(=O)N[C@H](CC(=O)O)c1ccc(OC)c(OCC)c1)n1cc(C)cc(Cc2ccccc2)c1=O. The third-order valence-electron chi connectivity index (χ3n) is 6.55. The van der Waals surface area contributed by atoms with Crippen molar-refractivity contribution >= 4 is 11.9 Å². The average Bonchev–Trinajstić information content (AvgIpc) is 2.91. The highest BCUT2D eigenvalue weighted by atomic mass is 16.5. The number of methoxy groups -OCH3 is 1. The zero-order valence-electron chi connectivity index (χ0n) is 23.1. The number of aromatic nitrogens is 1. The number of rotatable bonds is 14. The number of ether oxygens (including phenoxy) is 2. The molecule has 2 aromatic carbocycles. The number of aliphatic carboxylic acids is 1. The molecule has 0 aliphatic rings. The van der Waals surface area contributed by atoms with Gasteiger partial charge in [0.25, 0.3) is 5.56 Å². The second-order valence-electron chi connectivity index (χ2n) is 9.58.